The molecule has 0 aliphatic rings. The molecule has 0 radical (unpaired) electrons. The molecule has 0 atom stereocenters. The van der Waals surface area contributed by atoms with E-state index in [1.807, 2.05) is 0 Å². The van der Waals surface area contributed by atoms with Crippen LogP contribution in [0.25, 0.3) is 0 Å². The summed E-state index contributed by atoms with van der Waals surface area (Å²) in [6.45, 7) is 3.65. The Morgan fingerprint density at radius 1 is 1.42 bits per heavy atom. The second kappa shape index (κ2) is 6.90. The summed E-state index contributed by atoms with van der Waals surface area (Å²) in [7, 11) is -2.13. The van der Waals surface area contributed by atoms with Crippen molar-refractivity contribution in [3.8, 4) is 5.75 Å². The summed E-state index contributed by atoms with van der Waals surface area (Å²) in [6.07, 6.45) is 0. The summed E-state index contributed by atoms with van der Waals surface area (Å²) in [4.78, 5) is 0.143. The Morgan fingerprint density at radius 3 is 2.47 bits per heavy atom. The van der Waals surface area contributed by atoms with E-state index in [1.54, 1.807) is 19.9 Å². The van der Waals surface area contributed by atoms with Crippen LogP contribution in [0.3, 0.4) is 0 Å². The molecule has 110 valence electrons. The Kier molecular flexibility index (Phi) is 6.77. The molecule has 0 fully saturated rings. The van der Waals surface area contributed by atoms with Gasteiger partial charge in [0.05, 0.1) is 16.5 Å². The maximum absolute atomic E-state index is 12.1. The predicted octanol–water partition coefficient (Wildman–Crippen LogP) is 1.90. The molecular weight excluding hydrogens is 356 g/mol. The van der Waals surface area contributed by atoms with Crippen LogP contribution in [0.1, 0.15) is 13.8 Å². The van der Waals surface area contributed by atoms with Crippen LogP contribution < -0.4 is 15.2 Å². The van der Waals surface area contributed by atoms with Crippen LogP contribution in [0, 0.1) is 0 Å². The van der Waals surface area contributed by atoms with Gasteiger partial charge >= 0.3 is 0 Å². The second-order valence-corrected chi connectivity index (χ2v) is 7.03. The van der Waals surface area contributed by atoms with E-state index in [1.165, 1.54) is 19.2 Å². The lowest BCUT2D eigenvalue weighted by molar-refractivity contribution is 0.410. The topological polar surface area (TPSA) is 81.4 Å². The Hall–Kier alpha value is -0.340. The minimum absolute atomic E-state index is 0. The van der Waals surface area contributed by atoms with Crippen LogP contribution in [0.15, 0.2) is 27.6 Å². The van der Waals surface area contributed by atoms with E-state index in [4.69, 9.17) is 10.5 Å². The van der Waals surface area contributed by atoms with Gasteiger partial charge in [-0.15, -0.1) is 12.4 Å². The summed E-state index contributed by atoms with van der Waals surface area (Å²) in [6, 6.07) is 4.59. The van der Waals surface area contributed by atoms with Crippen LogP contribution >= 0.6 is 28.3 Å². The van der Waals surface area contributed by atoms with Gasteiger partial charge in [0.1, 0.15) is 5.75 Å². The number of nitrogens with one attached hydrogen (secondary N) is 1. The van der Waals surface area contributed by atoms with E-state index in [9.17, 15) is 8.42 Å². The average Bonchev–Trinajstić information content (AvgIpc) is 2.28. The molecule has 1 aromatic rings. The fourth-order valence-corrected chi connectivity index (χ4v) is 3.12. The fraction of sp³-hybridized carbons (Fsp3) is 0.455. The highest BCUT2D eigenvalue weighted by molar-refractivity contribution is 9.10. The minimum Gasteiger partial charge on any atom is -0.496 e. The van der Waals surface area contributed by atoms with Crippen molar-refractivity contribution in [2.45, 2.75) is 24.3 Å². The van der Waals surface area contributed by atoms with Crippen molar-refractivity contribution >= 4 is 38.4 Å². The molecule has 3 N–H and O–H groups in total. The van der Waals surface area contributed by atoms with Crippen molar-refractivity contribution in [1.29, 1.82) is 0 Å². The normalized spacial score (nSPS) is 11.8. The molecule has 0 spiro atoms. The van der Waals surface area contributed by atoms with E-state index >= 15 is 0 Å². The van der Waals surface area contributed by atoms with Crippen LogP contribution in [0.5, 0.6) is 5.75 Å². The molecule has 0 bridgehead atoms. The lowest BCUT2D eigenvalue weighted by Crippen LogP contribution is -2.48. The number of methoxy groups -OCH3 is 1. The van der Waals surface area contributed by atoms with Crippen LogP contribution in [-0.4, -0.2) is 27.6 Å². The number of benzene rings is 1. The van der Waals surface area contributed by atoms with Crippen molar-refractivity contribution < 1.29 is 13.2 Å². The highest BCUT2D eigenvalue weighted by Gasteiger charge is 2.25. The average molecular weight is 374 g/mol. The predicted molar refractivity (Wildman–Crippen MR) is 81.4 cm³/mol. The van der Waals surface area contributed by atoms with Gasteiger partial charge in [-0.2, -0.15) is 0 Å². The first-order chi connectivity index (χ1) is 8.22. The Balaban J connectivity index is 0.00000324. The van der Waals surface area contributed by atoms with E-state index in [0.717, 1.165) is 0 Å². The molecule has 0 unspecified atom stereocenters. The molecule has 0 aliphatic heterocycles. The molecule has 0 saturated heterocycles. The van der Waals surface area contributed by atoms with Gasteiger partial charge in [-0.25, -0.2) is 13.1 Å². The number of hydrogen-bond acceptors (Lipinski definition) is 4. The zero-order valence-corrected chi connectivity index (χ0v) is 14.2. The lowest BCUT2D eigenvalue weighted by atomic mass is 10.1. The highest BCUT2D eigenvalue weighted by Crippen LogP contribution is 2.27. The molecule has 0 aromatic heterocycles. The van der Waals surface area contributed by atoms with E-state index in [2.05, 4.69) is 20.7 Å². The first kappa shape index (κ1) is 18.7. The highest BCUT2D eigenvalue weighted by atomic mass is 79.9. The molecule has 0 heterocycles. The molecule has 8 heteroatoms. The van der Waals surface area contributed by atoms with Crippen molar-refractivity contribution in [2.75, 3.05) is 13.7 Å². The molecule has 0 aliphatic carbocycles. The Bertz CT molecular complexity index is 535. The van der Waals surface area contributed by atoms with Gasteiger partial charge in [0.2, 0.25) is 10.0 Å². The second-order valence-electron chi connectivity index (χ2n) is 4.49. The number of nitrogens with two attached hydrogens (primary N) is 1. The summed E-state index contributed by atoms with van der Waals surface area (Å²) >= 11 is 3.27. The zero-order chi connectivity index (χ0) is 14.0. The van der Waals surface area contributed by atoms with Crippen molar-refractivity contribution in [3.05, 3.63) is 22.7 Å². The van der Waals surface area contributed by atoms with E-state index in [-0.39, 0.29) is 23.8 Å². The van der Waals surface area contributed by atoms with Gasteiger partial charge in [0.15, 0.2) is 0 Å². The number of rotatable bonds is 5. The smallest absolute Gasteiger partial charge is 0.241 e. The third kappa shape index (κ3) is 4.92. The monoisotopic (exact) mass is 372 g/mol. The molecule has 1 aromatic carbocycles. The minimum atomic E-state index is -3.61. The third-order valence-electron chi connectivity index (χ3n) is 2.35. The van der Waals surface area contributed by atoms with Gasteiger partial charge in [0.25, 0.3) is 0 Å². The van der Waals surface area contributed by atoms with Crippen molar-refractivity contribution in [1.82, 2.24) is 4.72 Å². The standard InChI is InChI=1S/C11H17BrN2O3S.ClH/c1-11(2,7-13)14-18(15,16)8-4-5-9(12)10(6-8)17-3;/h4-6,14H,7,13H2,1-3H3;1H. The zero-order valence-electron chi connectivity index (χ0n) is 10.9. The maximum Gasteiger partial charge on any atom is 0.241 e. The molecule has 0 saturated carbocycles. The van der Waals surface area contributed by atoms with Crippen LogP contribution in [-0.2, 0) is 10.0 Å². The van der Waals surface area contributed by atoms with Crippen LogP contribution in [0.2, 0.25) is 0 Å². The quantitative estimate of drug-likeness (QED) is 0.826. The fourth-order valence-electron chi connectivity index (χ4n) is 1.27. The summed E-state index contributed by atoms with van der Waals surface area (Å²) in [5, 5.41) is 0. The Labute approximate surface area is 128 Å². The number of sulfonamides is 1. The largest absolute Gasteiger partial charge is 0.496 e. The lowest BCUT2D eigenvalue weighted by Gasteiger charge is -2.24. The summed E-state index contributed by atoms with van der Waals surface area (Å²) in [5.74, 6) is 0.462. The number of ether oxygens (including phenoxy) is 1. The van der Waals surface area contributed by atoms with Gasteiger partial charge in [-0.3, -0.25) is 0 Å². The molecule has 5 nitrogen and oxygen atoms in total. The molecular formula is C11H18BrClN2O3S. The number of halogens is 2. The van der Waals surface area contributed by atoms with Gasteiger partial charge < -0.3 is 10.5 Å². The molecule has 1 rings (SSSR count). The SMILES string of the molecule is COc1cc(S(=O)(=O)NC(C)(C)CN)ccc1Br.Cl. The van der Waals surface area contributed by atoms with Crippen molar-refractivity contribution in [3.63, 3.8) is 0 Å². The van der Waals surface area contributed by atoms with Gasteiger partial charge in [-0.1, -0.05) is 0 Å². The summed E-state index contributed by atoms with van der Waals surface area (Å²) in [5.41, 5.74) is 4.82. The first-order valence-corrected chi connectivity index (χ1v) is 7.57. The maximum atomic E-state index is 12.1. The van der Waals surface area contributed by atoms with Gasteiger partial charge in [0, 0.05) is 18.2 Å². The van der Waals surface area contributed by atoms with E-state index in [0.29, 0.717) is 10.2 Å². The first-order valence-electron chi connectivity index (χ1n) is 5.29. The van der Waals surface area contributed by atoms with Crippen molar-refractivity contribution in [2.24, 2.45) is 5.73 Å². The Morgan fingerprint density at radius 2 is 2.00 bits per heavy atom. The summed E-state index contributed by atoms with van der Waals surface area (Å²) < 4.78 is 32.6. The third-order valence-corrected chi connectivity index (χ3v) is 4.70. The van der Waals surface area contributed by atoms with Gasteiger partial charge in [-0.05, 0) is 41.9 Å². The molecule has 19 heavy (non-hydrogen) atoms. The van der Waals surface area contributed by atoms with E-state index < -0.39 is 15.6 Å². The number of hydrogen-bond donors (Lipinski definition) is 2. The molecule has 0 amide bonds. The van der Waals surface area contributed by atoms with Crippen LogP contribution in [0.4, 0.5) is 0 Å².